The maximum Gasteiger partial charge on any atom is 0.314 e. The van der Waals surface area contributed by atoms with Gasteiger partial charge in [-0.1, -0.05) is 12.5 Å². The van der Waals surface area contributed by atoms with Gasteiger partial charge in [-0.2, -0.15) is 0 Å². The van der Waals surface area contributed by atoms with E-state index >= 15 is 0 Å². The van der Waals surface area contributed by atoms with Gasteiger partial charge in [-0.05, 0) is 44.5 Å². The zero-order chi connectivity index (χ0) is 17.2. The van der Waals surface area contributed by atoms with Crippen LogP contribution in [0.25, 0.3) is 0 Å². The van der Waals surface area contributed by atoms with Crippen molar-refractivity contribution in [1.29, 1.82) is 0 Å². The lowest BCUT2D eigenvalue weighted by Crippen LogP contribution is -2.42. The molecule has 0 unspecified atom stereocenters. The fraction of sp³-hybridized carbons (Fsp3) is 0.588. The van der Waals surface area contributed by atoms with Gasteiger partial charge in [-0.3, -0.25) is 4.79 Å². The molecule has 1 aliphatic rings. The number of hydrogen-bond acceptors (Lipinski definition) is 4. The van der Waals surface area contributed by atoms with Gasteiger partial charge in [0.2, 0.25) is 5.91 Å². The summed E-state index contributed by atoms with van der Waals surface area (Å²) in [6.07, 6.45) is 5.72. The lowest BCUT2D eigenvalue weighted by Gasteiger charge is -2.26. The van der Waals surface area contributed by atoms with E-state index in [1.807, 2.05) is 13.0 Å². The minimum atomic E-state index is -0.228. The molecule has 0 bridgehead atoms. The largest absolute Gasteiger partial charge is 0.338 e. The van der Waals surface area contributed by atoms with Crippen LogP contribution >= 0.6 is 0 Å². The second-order valence-electron chi connectivity index (χ2n) is 6.10. The van der Waals surface area contributed by atoms with E-state index in [0.717, 1.165) is 25.2 Å². The average molecular weight is 333 g/mol. The highest BCUT2D eigenvalue weighted by atomic mass is 16.2. The van der Waals surface area contributed by atoms with Crippen molar-refractivity contribution in [2.24, 2.45) is 0 Å². The second kappa shape index (κ2) is 9.87. The van der Waals surface area contributed by atoms with Gasteiger partial charge >= 0.3 is 6.03 Å². The Labute approximate surface area is 143 Å². The summed E-state index contributed by atoms with van der Waals surface area (Å²) in [6, 6.07) is 3.42. The molecule has 1 saturated heterocycles. The van der Waals surface area contributed by atoms with Gasteiger partial charge < -0.3 is 20.9 Å². The molecule has 3 N–H and O–H groups in total. The van der Waals surface area contributed by atoms with Crippen LogP contribution in [0.1, 0.15) is 31.2 Å². The van der Waals surface area contributed by atoms with Crippen molar-refractivity contribution in [1.82, 2.24) is 20.5 Å². The Bertz CT molecular complexity index is 526. The number of piperidine rings is 1. The normalized spacial score (nSPS) is 14.9. The number of nitrogens with zero attached hydrogens (tertiary/aromatic N) is 2. The highest BCUT2D eigenvalue weighted by molar-refractivity contribution is 5.90. The van der Waals surface area contributed by atoms with Crippen molar-refractivity contribution in [3.63, 3.8) is 0 Å². The minimum Gasteiger partial charge on any atom is -0.338 e. The molecule has 1 aliphatic heterocycles. The van der Waals surface area contributed by atoms with Crippen molar-refractivity contribution in [3.8, 4) is 0 Å². The summed E-state index contributed by atoms with van der Waals surface area (Å²) in [5.41, 5.74) is 1.04. The third kappa shape index (κ3) is 6.95. The summed E-state index contributed by atoms with van der Waals surface area (Å²) in [5.74, 6) is 0.358. The lowest BCUT2D eigenvalue weighted by molar-refractivity contribution is -0.116. The van der Waals surface area contributed by atoms with Gasteiger partial charge in [0.05, 0.1) is 0 Å². The van der Waals surface area contributed by atoms with E-state index in [4.69, 9.17) is 0 Å². The Balaban J connectivity index is 1.53. The molecule has 0 radical (unpaired) electrons. The Morgan fingerprint density at radius 2 is 1.88 bits per heavy atom. The first-order valence-electron chi connectivity index (χ1n) is 8.60. The van der Waals surface area contributed by atoms with Crippen LogP contribution in [0.15, 0.2) is 18.3 Å². The average Bonchev–Trinajstić information content (AvgIpc) is 2.58. The molecule has 132 valence electrons. The molecular weight excluding hydrogens is 306 g/mol. The monoisotopic (exact) mass is 333 g/mol. The molecule has 2 rings (SSSR count). The summed E-state index contributed by atoms with van der Waals surface area (Å²) in [5, 5.41) is 8.22. The molecule has 7 nitrogen and oxygen atoms in total. The molecule has 2 heterocycles. The van der Waals surface area contributed by atoms with E-state index in [9.17, 15) is 9.59 Å². The Hall–Kier alpha value is -2.15. The molecule has 0 atom stereocenters. The third-order valence-corrected chi connectivity index (χ3v) is 3.98. The van der Waals surface area contributed by atoms with Crippen LogP contribution in [-0.2, 0) is 4.79 Å². The van der Waals surface area contributed by atoms with Gasteiger partial charge in [-0.25, -0.2) is 9.78 Å². The van der Waals surface area contributed by atoms with E-state index in [0.29, 0.717) is 18.9 Å². The van der Waals surface area contributed by atoms with E-state index in [2.05, 4.69) is 25.8 Å². The maximum atomic E-state index is 11.8. The maximum absolute atomic E-state index is 11.8. The van der Waals surface area contributed by atoms with Crippen molar-refractivity contribution in [3.05, 3.63) is 23.9 Å². The first kappa shape index (κ1) is 18.2. The van der Waals surface area contributed by atoms with Crippen molar-refractivity contribution >= 4 is 17.8 Å². The summed E-state index contributed by atoms with van der Waals surface area (Å²) in [7, 11) is 0. The fourth-order valence-electron chi connectivity index (χ4n) is 2.61. The SMILES string of the molecule is Cc1ccc(NC(=O)CCNC(=O)NCCN2CCCCC2)nc1. The number of nitrogens with one attached hydrogen (secondary N) is 3. The van der Waals surface area contributed by atoms with Crippen LogP contribution in [-0.4, -0.2) is 54.5 Å². The molecule has 1 fully saturated rings. The number of anilines is 1. The molecule has 0 saturated carbocycles. The van der Waals surface area contributed by atoms with Gasteiger partial charge in [0.25, 0.3) is 0 Å². The summed E-state index contributed by atoms with van der Waals surface area (Å²) in [4.78, 5) is 29.9. The Morgan fingerprint density at radius 1 is 1.12 bits per heavy atom. The van der Waals surface area contributed by atoms with E-state index in [1.54, 1.807) is 12.3 Å². The van der Waals surface area contributed by atoms with Crippen LogP contribution in [0, 0.1) is 6.92 Å². The highest BCUT2D eigenvalue weighted by Crippen LogP contribution is 2.07. The number of aryl methyl sites for hydroxylation is 1. The predicted molar refractivity (Wildman–Crippen MR) is 93.9 cm³/mol. The Kier molecular flexibility index (Phi) is 7.48. The Morgan fingerprint density at radius 3 is 2.58 bits per heavy atom. The summed E-state index contributed by atoms with van der Waals surface area (Å²) >= 11 is 0. The van der Waals surface area contributed by atoms with Crippen molar-refractivity contribution in [2.45, 2.75) is 32.6 Å². The highest BCUT2D eigenvalue weighted by Gasteiger charge is 2.10. The zero-order valence-corrected chi connectivity index (χ0v) is 14.3. The molecule has 0 aromatic carbocycles. The predicted octanol–water partition coefficient (Wildman–Crippen LogP) is 1.50. The first-order chi connectivity index (χ1) is 11.6. The molecule has 1 aromatic heterocycles. The van der Waals surface area contributed by atoms with Gasteiger partial charge in [0.15, 0.2) is 0 Å². The van der Waals surface area contributed by atoms with E-state index < -0.39 is 0 Å². The molecule has 0 aliphatic carbocycles. The zero-order valence-electron chi connectivity index (χ0n) is 14.3. The van der Waals surface area contributed by atoms with Crippen LogP contribution in [0.4, 0.5) is 10.6 Å². The standard InChI is InChI=1S/C17H27N5O2/c1-14-5-6-15(20-13-14)21-16(23)7-8-18-17(24)19-9-12-22-10-3-2-4-11-22/h5-6,13H,2-4,7-12H2,1H3,(H2,18,19,24)(H,20,21,23). The number of hydrogen-bond donors (Lipinski definition) is 3. The summed E-state index contributed by atoms with van der Waals surface area (Å²) in [6.45, 7) is 5.99. The third-order valence-electron chi connectivity index (χ3n) is 3.98. The minimum absolute atomic E-state index is 0.167. The number of amides is 3. The van der Waals surface area contributed by atoms with Crippen LogP contribution in [0.3, 0.4) is 0 Å². The number of rotatable bonds is 7. The van der Waals surface area contributed by atoms with Gasteiger partial charge in [0, 0.05) is 32.3 Å². The molecule has 0 spiro atoms. The molecular formula is C17H27N5O2. The topological polar surface area (TPSA) is 86.4 Å². The van der Waals surface area contributed by atoms with Gasteiger partial charge in [0.1, 0.15) is 5.82 Å². The quantitative estimate of drug-likeness (QED) is 0.706. The number of urea groups is 1. The lowest BCUT2D eigenvalue weighted by atomic mass is 10.1. The van der Waals surface area contributed by atoms with Crippen LogP contribution in [0.5, 0.6) is 0 Å². The van der Waals surface area contributed by atoms with Crippen molar-refractivity contribution < 1.29 is 9.59 Å². The number of pyridine rings is 1. The van der Waals surface area contributed by atoms with E-state index in [1.165, 1.54) is 19.3 Å². The number of carbonyl (C=O) groups is 2. The molecule has 3 amide bonds. The second-order valence-corrected chi connectivity index (χ2v) is 6.10. The molecule has 1 aromatic rings. The van der Waals surface area contributed by atoms with Crippen LogP contribution < -0.4 is 16.0 Å². The number of aromatic nitrogens is 1. The molecule has 24 heavy (non-hydrogen) atoms. The summed E-state index contributed by atoms with van der Waals surface area (Å²) < 4.78 is 0. The number of carbonyl (C=O) groups excluding carboxylic acids is 2. The van der Waals surface area contributed by atoms with Crippen LogP contribution in [0.2, 0.25) is 0 Å². The fourth-order valence-corrected chi connectivity index (χ4v) is 2.61. The van der Waals surface area contributed by atoms with E-state index in [-0.39, 0.29) is 18.4 Å². The van der Waals surface area contributed by atoms with Gasteiger partial charge in [-0.15, -0.1) is 0 Å². The van der Waals surface area contributed by atoms with Crippen molar-refractivity contribution in [2.75, 3.05) is 38.0 Å². The molecule has 7 heteroatoms. The first-order valence-corrected chi connectivity index (χ1v) is 8.60. The smallest absolute Gasteiger partial charge is 0.314 e. The number of likely N-dealkylation sites (tertiary alicyclic amines) is 1.